The van der Waals surface area contributed by atoms with E-state index in [0.717, 1.165) is 11.8 Å². The van der Waals surface area contributed by atoms with Gasteiger partial charge in [-0.25, -0.2) is 13.4 Å². The highest BCUT2D eigenvalue weighted by molar-refractivity contribution is 7.90. The third-order valence-corrected chi connectivity index (χ3v) is 5.06. The Labute approximate surface area is 150 Å². The van der Waals surface area contributed by atoms with Gasteiger partial charge < -0.3 is 5.32 Å². The lowest BCUT2D eigenvalue weighted by Gasteiger charge is -2.09. The number of aryl methyl sites for hydroxylation is 1. The molecular formula is C18H17N3O4S. The van der Waals surface area contributed by atoms with Crippen molar-refractivity contribution >= 4 is 32.3 Å². The second-order valence-corrected chi connectivity index (χ2v) is 8.01. The van der Waals surface area contributed by atoms with Crippen molar-refractivity contribution in [3.05, 3.63) is 64.7 Å². The lowest BCUT2D eigenvalue weighted by molar-refractivity contribution is -0.116. The SMILES string of the molecule is Cc1cccc2c(=O)n(CC(=O)Nc3ccc(S(C)(=O)=O)cc3)cnc12. The molecule has 0 radical (unpaired) electrons. The smallest absolute Gasteiger partial charge is 0.261 e. The summed E-state index contributed by atoms with van der Waals surface area (Å²) in [5.41, 5.74) is 1.66. The Hall–Kier alpha value is -3.00. The van der Waals surface area contributed by atoms with Crippen LogP contribution in [0.3, 0.4) is 0 Å². The van der Waals surface area contributed by atoms with E-state index in [2.05, 4.69) is 10.3 Å². The van der Waals surface area contributed by atoms with Crippen molar-refractivity contribution in [2.75, 3.05) is 11.6 Å². The zero-order valence-corrected chi connectivity index (χ0v) is 15.1. The van der Waals surface area contributed by atoms with Crippen molar-refractivity contribution in [1.29, 1.82) is 0 Å². The zero-order chi connectivity index (χ0) is 18.9. The number of anilines is 1. The number of nitrogens with one attached hydrogen (secondary N) is 1. The van der Waals surface area contributed by atoms with E-state index in [0.29, 0.717) is 16.6 Å². The van der Waals surface area contributed by atoms with Crippen molar-refractivity contribution < 1.29 is 13.2 Å². The molecule has 0 saturated heterocycles. The maximum Gasteiger partial charge on any atom is 0.261 e. The van der Waals surface area contributed by atoms with Gasteiger partial charge in [-0.3, -0.25) is 14.2 Å². The average Bonchev–Trinajstić information content (AvgIpc) is 2.57. The third-order valence-electron chi connectivity index (χ3n) is 3.94. The Bertz CT molecular complexity index is 1150. The number of rotatable bonds is 4. The topological polar surface area (TPSA) is 98.1 Å². The van der Waals surface area contributed by atoms with Gasteiger partial charge in [0.25, 0.3) is 5.56 Å². The molecule has 0 bridgehead atoms. The molecule has 0 aliphatic carbocycles. The summed E-state index contributed by atoms with van der Waals surface area (Å²) in [5.74, 6) is -0.409. The third kappa shape index (κ3) is 3.65. The predicted octanol–water partition coefficient (Wildman–Crippen LogP) is 1.75. The molecule has 0 atom stereocenters. The van der Waals surface area contributed by atoms with E-state index in [1.165, 1.54) is 35.2 Å². The molecule has 0 saturated carbocycles. The monoisotopic (exact) mass is 371 g/mol. The lowest BCUT2D eigenvalue weighted by atomic mass is 10.1. The first-order valence-electron chi connectivity index (χ1n) is 7.80. The van der Waals surface area contributed by atoms with Crippen molar-refractivity contribution in [2.45, 2.75) is 18.4 Å². The molecule has 0 fully saturated rings. The second kappa shape index (κ2) is 6.72. The molecule has 1 N–H and O–H groups in total. The molecule has 0 spiro atoms. The molecule has 0 unspecified atom stereocenters. The normalized spacial score (nSPS) is 11.5. The van der Waals surface area contributed by atoms with Crippen LogP contribution in [-0.4, -0.2) is 30.1 Å². The molecule has 0 aliphatic rings. The highest BCUT2D eigenvalue weighted by Crippen LogP contribution is 2.14. The average molecular weight is 371 g/mol. The number of nitrogens with zero attached hydrogens (tertiary/aromatic N) is 2. The van der Waals surface area contributed by atoms with Crippen molar-refractivity contribution in [3.63, 3.8) is 0 Å². The summed E-state index contributed by atoms with van der Waals surface area (Å²) in [6.45, 7) is 1.68. The molecule has 3 aromatic rings. The Morgan fingerprint density at radius 3 is 2.50 bits per heavy atom. The minimum atomic E-state index is -3.29. The second-order valence-electron chi connectivity index (χ2n) is 5.99. The largest absolute Gasteiger partial charge is 0.325 e. The Morgan fingerprint density at radius 2 is 1.85 bits per heavy atom. The van der Waals surface area contributed by atoms with Crippen LogP contribution >= 0.6 is 0 Å². The Balaban J connectivity index is 1.79. The van der Waals surface area contributed by atoms with E-state index in [9.17, 15) is 18.0 Å². The summed E-state index contributed by atoms with van der Waals surface area (Å²) >= 11 is 0. The van der Waals surface area contributed by atoms with Crippen LogP contribution in [0.25, 0.3) is 10.9 Å². The highest BCUT2D eigenvalue weighted by Gasteiger charge is 2.11. The van der Waals surface area contributed by atoms with Gasteiger partial charge in [-0.2, -0.15) is 0 Å². The quantitative estimate of drug-likeness (QED) is 0.753. The van der Waals surface area contributed by atoms with Crippen LogP contribution in [0.1, 0.15) is 5.56 Å². The first-order chi connectivity index (χ1) is 12.3. The van der Waals surface area contributed by atoms with Gasteiger partial charge in [0.15, 0.2) is 9.84 Å². The number of fused-ring (bicyclic) bond motifs is 1. The highest BCUT2D eigenvalue weighted by atomic mass is 32.2. The van der Waals surface area contributed by atoms with Gasteiger partial charge in [-0.05, 0) is 42.8 Å². The van der Waals surface area contributed by atoms with Crippen molar-refractivity contribution in [3.8, 4) is 0 Å². The lowest BCUT2D eigenvalue weighted by Crippen LogP contribution is -2.28. The minimum Gasteiger partial charge on any atom is -0.325 e. The van der Waals surface area contributed by atoms with E-state index in [1.54, 1.807) is 12.1 Å². The molecule has 134 valence electrons. The van der Waals surface area contributed by atoms with Gasteiger partial charge in [-0.15, -0.1) is 0 Å². The molecule has 1 amide bonds. The number of sulfone groups is 1. The summed E-state index contributed by atoms with van der Waals surface area (Å²) in [5, 5.41) is 3.09. The minimum absolute atomic E-state index is 0.167. The van der Waals surface area contributed by atoms with E-state index in [4.69, 9.17) is 0 Å². The summed E-state index contributed by atoms with van der Waals surface area (Å²) in [7, 11) is -3.29. The molecule has 26 heavy (non-hydrogen) atoms. The van der Waals surface area contributed by atoms with Crippen LogP contribution in [0.4, 0.5) is 5.69 Å². The van der Waals surface area contributed by atoms with Gasteiger partial charge in [0.2, 0.25) is 5.91 Å². The first-order valence-corrected chi connectivity index (χ1v) is 9.69. The van der Waals surface area contributed by atoms with Crippen LogP contribution in [0.5, 0.6) is 0 Å². The van der Waals surface area contributed by atoms with Gasteiger partial charge in [-0.1, -0.05) is 12.1 Å². The number of amides is 1. The number of aromatic nitrogens is 2. The van der Waals surface area contributed by atoms with Crippen LogP contribution in [-0.2, 0) is 21.2 Å². The summed E-state index contributed by atoms with van der Waals surface area (Å²) in [6, 6.07) is 11.1. The fraction of sp³-hybridized carbons (Fsp3) is 0.167. The molecule has 3 rings (SSSR count). The molecule has 7 nitrogen and oxygen atoms in total. The number of hydrogen-bond donors (Lipinski definition) is 1. The predicted molar refractivity (Wildman–Crippen MR) is 98.9 cm³/mol. The summed E-state index contributed by atoms with van der Waals surface area (Å²) in [4.78, 5) is 29.1. The summed E-state index contributed by atoms with van der Waals surface area (Å²) in [6.07, 6.45) is 2.46. The fourth-order valence-electron chi connectivity index (χ4n) is 2.59. The van der Waals surface area contributed by atoms with Crippen LogP contribution < -0.4 is 10.9 Å². The Kier molecular flexibility index (Phi) is 4.60. The zero-order valence-electron chi connectivity index (χ0n) is 14.3. The van der Waals surface area contributed by atoms with Crippen molar-refractivity contribution in [1.82, 2.24) is 9.55 Å². The maximum atomic E-state index is 12.5. The van der Waals surface area contributed by atoms with Crippen LogP contribution in [0, 0.1) is 6.92 Å². The molecular weight excluding hydrogens is 354 g/mol. The van der Waals surface area contributed by atoms with E-state index < -0.39 is 15.7 Å². The molecule has 8 heteroatoms. The first kappa shape index (κ1) is 17.8. The van der Waals surface area contributed by atoms with Crippen LogP contribution in [0.15, 0.2) is 58.5 Å². The molecule has 2 aromatic carbocycles. The van der Waals surface area contributed by atoms with Crippen molar-refractivity contribution in [2.24, 2.45) is 0 Å². The standard InChI is InChI=1S/C18H17N3O4S/c1-12-4-3-5-15-17(12)19-11-21(18(15)23)10-16(22)20-13-6-8-14(9-7-13)26(2,24)25/h3-9,11H,10H2,1-2H3,(H,20,22). The number of benzene rings is 2. The van der Waals surface area contributed by atoms with Gasteiger partial charge in [0, 0.05) is 11.9 Å². The van der Waals surface area contributed by atoms with Gasteiger partial charge in [0.1, 0.15) is 6.54 Å². The number of carbonyl (C=O) groups is 1. The van der Waals surface area contributed by atoms with Gasteiger partial charge in [0.05, 0.1) is 22.1 Å². The Morgan fingerprint density at radius 1 is 1.15 bits per heavy atom. The number of hydrogen-bond acceptors (Lipinski definition) is 5. The van der Waals surface area contributed by atoms with Crippen LogP contribution in [0.2, 0.25) is 0 Å². The van der Waals surface area contributed by atoms with E-state index in [1.807, 2.05) is 13.0 Å². The number of carbonyl (C=O) groups excluding carboxylic acids is 1. The van der Waals surface area contributed by atoms with E-state index in [-0.39, 0.29) is 17.0 Å². The fourth-order valence-corrected chi connectivity index (χ4v) is 3.22. The van der Waals surface area contributed by atoms with E-state index >= 15 is 0 Å². The summed E-state index contributed by atoms with van der Waals surface area (Å²) < 4.78 is 24.1. The van der Waals surface area contributed by atoms with Gasteiger partial charge >= 0.3 is 0 Å². The number of para-hydroxylation sites is 1. The molecule has 1 heterocycles. The maximum absolute atomic E-state index is 12.5. The molecule has 1 aromatic heterocycles. The molecule has 0 aliphatic heterocycles.